The van der Waals surface area contributed by atoms with Gasteiger partial charge < -0.3 is 10.5 Å². The lowest BCUT2D eigenvalue weighted by atomic mass is 10.0. The molecule has 26 heavy (non-hydrogen) atoms. The summed E-state index contributed by atoms with van der Waals surface area (Å²) < 4.78 is 5.15. The minimum atomic E-state index is -0.973. The van der Waals surface area contributed by atoms with Crippen molar-refractivity contribution in [2.24, 2.45) is 5.73 Å². The third-order valence-corrected chi connectivity index (χ3v) is 4.11. The number of nitrogens with zero attached hydrogens (tertiary/aromatic N) is 1. The molecular formula is C18H17N3O5. The van der Waals surface area contributed by atoms with E-state index in [9.17, 15) is 19.2 Å². The summed E-state index contributed by atoms with van der Waals surface area (Å²) in [6.45, 7) is 1.03. The highest BCUT2D eigenvalue weighted by Gasteiger charge is 2.44. The van der Waals surface area contributed by atoms with Crippen LogP contribution in [0.3, 0.4) is 0 Å². The molecule has 0 aromatic heterocycles. The molecule has 2 aliphatic heterocycles. The van der Waals surface area contributed by atoms with Gasteiger partial charge in [-0.25, -0.2) is 0 Å². The molecule has 2 aliphatic rings. The molecule has 0 saturated carbocycles. The van der Waals surface area contributed by atoms with Gasteiger partial charge in [-0.2, -0.15) is 0 Å². The maximum atomic E-state index is 12.7. The maximum absolute atomic E-state index is 12.7. The van der Waals surface area contributed by atoms with E-state index in [0.717, 1.165) is 4.90 Å². The van der Waals surface area contributed by atoms with E-state index >= 15 is 0 Å². The first kappa shape index (κ1) is 17.8. The van der Waals surface area contributed by atoms with Gasteiger partial charge in [-0.15, -0.1) is 0 Å². The summed E-state index contributed by atoms with van der Waals surface area (Å²) in [6, 6.07) is 3.71. The number of ether oxygens (including phenoxy) is 1. The molecule has 1 aromatic rings. The van der Waals surface area contributed by atoms with E-state index in [1.165, 1.54) is 12.1 Å². The normalized spacial score (nSPS) is 19.1. The fourth-order valence-electron chi connectivity index (χ4n) is 2.89. The van der Waals surface area contributed by atoms with Crippen molar-refractivity contribution >= 4 is 23.6 Å². The Morgan fingerprint density at radius 3 is 2.69 bits per heavy atom. The van der Waals surface area contributed by atoms with Crippen LogP contribution in [-0.4, -0.2) is 54.3 Å². The molecule has 0 aliphatic carbocycles. The summed E-state index contributed by atoms with van der Waals surface area (Å²) in [5, 5.41) is 2.16. The lowest BCUT2D eigenvalue weighted by Gasteiger charge is -2.27. The van der Waals surface area contributed by atoms with E-state index in [0.29, 0.717) is 18.7 Å². The molecule has 0 spiro atoms. The van der Waals surface area contributed by atoms with Crippen molar-refractivity contribution in [3.05, 3.63) is 34.9 Å². The largest absolute Gasteiger partial charge is 0.367 e. The molecule has 0 bridgehead atoms. The number of benzene rings is 1. The van der Waals surface area contributed by atoms with Crippen molar-refractivity contribution in [3.63, 3.8) is 0 Å². The zero-order valence-corrected chi connectivity index (χ0v) is 13.9. The maximum Gasteiger partial charge on any atom is 0.262 e. The first-order valence-corrected chi connectivity index (χ1v) is 8.15. The van der Waals surface area contributed by atoms with Crippen LogP contribution < -0.4 is 11.1 Å². The van der Waals surface area contributed by atoms with Gasteiger partial charge in [0.15, 0.2) is 0 Å². The number of amides is 4. The average Bonchev–Trinajstić information content (AvgIpc) is 2.86. The number of hydrogen-bond acceptors (Lipinski definition) is 6. The number of piperidine rings is 1. The molecule has 2 heterocycles. The molecule has 3 N–H and O–H groups in total. The molecule has 1 saturated heterocycles. The Morgan fingerprint density at radius 2 is 1.96 bits per heavy atom. The smallest absolute Gasteiger partial charge is 0.262 e. The topological polar surface area (TPSA) is 119 Å². The molecule has 1 aromatic carbocycles. The molecule has 4 amide bonds. The van der Waals surface area contributed by atoms with Crippen molar-refractivity contribution in [2.45, 2.75) is 18.9 Å². The van der Waals surface area contributed by atoms with Gasteiger partial charge >= 0.3 is 0 Å². The lowest BCUT2D eigenvalue weighted by molar-refractivity contribution is -0.136. The Bertz CT molecular complexity index is 852. The Labute approximate surface area is 149 Å². The molecule has 8 heteroatoms. The van der Waals surface area contributed by atoms with E-state index in [1.807, 2.05) is 0 Å². The van der Waals surface area contributed by atoms with Crippen LogP contribution >= 0.6 is 0 Å². The number of imide groups is 2. The highest BCUT2D eigenvalue weighted by atomic mass is 16.5. The van der Waals surface area contributed by atoms with Crippen LogP contribution in [0.4, 0.5) is 0 Å². The van der Waals surface area contributed by atoms with E-state index in [-0.39, 0.29) is 30.6 Å². The van der Waals surface area contributed by atoms with Crippen LogP contribution in [0, 0.1) is 11.8 Å². The quantitative estimate of drug-likeness (QED) is 0.423. The van der Waals surface area contributed by atoms with Gasteiger partial charge in [0.05, 0.1) is 17.7 Å². The van der Waals surface area contributed by atoms with Crippen LogP contribution in [0.25, 0.3) is 0 Å². The number of rotatable bonds is 4. The Balaban J connectivity index is 1.79. The highest BCUT2D eigenvalue weighted by Crippen LogP contribution is 2.28. The van der Waals surface area contributed by atoms with E-state index in [2.05, 4.69) is 17.2 Å². The predicted molar refractivity (Wildman–Crippen MR) is 89.9 cm³/mol. The Morgan fingerprint density at radius 1 is 1.19 bits per heavy atom. The summed E-state index contributed by atoms with van der Waals surface area (Å²) in [5.41, 5.74) is 6.30. The number of fused-ring (bicyclic) bond motifs is 1. The van der Waals surface area contributed by atoms with Gasteiger partial charge in [0.2, 0.25) is 11.8 Å². The molecule has 1 atom stereocenters. The Hall–Kier alpha value is -3.02. The number of nitrogens with two attached hydrogens (primary N) is 1. The molecule has 134 valence electrons. The van der Waals surface area contributed by atoms with Crippen LogP contribution in [0.2, 0.25) is 0 Å². The van der Waals surface area contributed by atoms with Crippen LogP contribution in [0.5, 0.6) is 0 Å². The van der Waals surface area contributed by atoms with Gasteiger partial charge in [0.1, 0.15) is 12.6 Å². The number of carbonyl (C=O) groups excluding carboxylic acids is 4. The van der Waals surface area contributed by atoms with Crippen LogP contribution in [-0.2, 0) is 14.3 Å². The zero-order valence-electron chi connectivity index (χ0n) is 13.9. The van der Waals surface area contributed by atoms with Crippen molar-refractivity contribution < 1.29 is 23.9 Å². The summed E-state index contributed by atoms with van der Waals surface area (Å²) in [4.78, 5) is 49.4. The SMILES string of the molecule is NCCOCC#Cc1ccc2c(c1)C(=O)N(C1CCC(=O)NC1=O)C2=O. The fourth-order valence-corrected chi connectivity index (χ4v) is 2.89. The third kappa shape index (κ3) is 3.35. The Kier molecular flexibility index (Phi) is 5.11. The van der Waals surface area contributed by atoms with E-state index < -0.39 is 29.7 Å². The van der Waals surface area contributed by atoms with Crippen molar-refractivity contribution in [2.75, 3.05) is 19.8 Å². The van der Waals surface area contributed by atoms with Crippen molar-refractivity contribution in [1.82, 2.24) is 10.2 Å². The summed E-state index contributed by atoms with van der Waals surface area (Å²) >= 11 is 0. The minimum Gasteiger partial charge on any atom is -0.367 e. The first-order valence-electron chi connectivity index (χ1n) is 8.15. The molecule has 1 unspecified atom stereocenters. The zero-order chi connectivity index (χ0) is 18.7. The lowest BCUT2D eigenvalue weighted by Crippen LogP contribution is -2.54. The average molecular weight is 355 g/mol. The standard InChI is InChI=1S/C18H17N3O5/c19-7-9-26-8-1-2-11-3-4-12-13(10-11)18(25)21(17(12)24)14-5-6-15(22)20-16(14)23/h3-4,10,14H,5-9,19H2,(H,20,22,23). The number of nitrogens with one attached hydrogen (secondary N) is 1. The number of hydrogen-bond donors (Lipinski definition) is 2. The molecule has 1 fully saturated rings. The number of carbonyl (C=O) groups is 4. The predicted octanol–water partition coefficient (Wildman–Crippen LogP) is -0.585. The second kappa shape index (κ2) is 7.47. The van der Waals surface area contributed by atoms with Crippen molar-refractivity contribution in [3.8, 4) is 11.8 Å². The second-order valence-electron chi connectivity index (χ2n) is 5.85. The van der Waals surface area contributed by atoms with Crippen molar-refractivity contribution in [1.29, 1.82) is 0 Å². The molecule has 0 radical (unpaired) electrons. The van der Waals surface area contributed by atoms with E-state index in [4.69, 9.17) is 10.5 Å². The van der Waals surface area contributed by atoms with Gasteiger partial charge in [-0.1, -0.05) is 11.8 Å². The molecule has 3 rings (SSSR count). The first-order chi connectivity index (χ1) is 12.5. The summed E-state index contributed by atoms with van der Waals surface area (Å²) in [7, 11) is 0. The van der Waals surface area contributed by atoms with Gasteiger partial charge in [0, 0.05) is 18.5 Å². The van der Waals surface area contributed by atoms with Gasteiger partial charge in [-0.3, -0.25) is 29.4 Å². The summed E-state index contributed by atoms with van der Waals surface area (Å²) in [6.07, 6.45) is 0.213. The monoisotopic (exact) mass is 355 g/mol. The van der Waals surface area contributed by atoms with Crippen LogP contribution in [0.15, 0.2) is 18.2 Å². The molecular weight excluding hydrogens is 338 g/mol. The highest BCUT2D eigenvalue weighted by molar-refractivity contribution is 6.23. The molecule has 8 nitrogen and oxygen atoms in total. The van der Waals surface area contributed by atoms with Crippen LogP contribution in [0.1, 0.15) is 39.1 Å². The summed E-state index contributed by atoms with van der Waals surface area (Å²) in [5.74, 6) is 3.53. The van der Waals surface area contributed by atoms with E-state index in [1.54, 1.807) is 6.07 Å². The van der Waals surface area contributed by atoms with Gasteiger partial charge in [-0.05, 0) is 24.6 Å². The second-order valence-corrected chi connectivity index (χ2v) is 5.85. The fraction of sp³-hybridized carbons (Fsp3) is 0.333. The third-order valence-electron chi connectivity index (χ3n) is 4.11. The van der Waals surface area contributed by atoms with Gasteiger partial charge in [0.25, 0.3) is 11.8 Å². The minimum absolute atomic E-state index is 0.0866.